The fourth-order valence-electron chi connectivity index (χ4n) is 2.92. The highest BCUT2D eigenvalue weighted by Gasteiger charge is 2.20. The molecule has 0 aliphatic heterocycles. The Morgan fingerprint density at radius 3 is 2.85 bits per heavy atom. The van der Waals surface area contributed by atoms with E-state index in [4.69, 9.17) is 4.74 Å². The van der Waals surface area contributed by atoms with Crippen molar-refractivity contribution in [1.82, 2.24) is 14.5 Å². The van der Waals surface area contributed by atoms with E-state index in [1.165, 1.54) is 21.5 Å². The Hall–Kier alpha value is -2.47. The Labute approximate surface area is 163 Å². The molecule has 5 nitrogen and oxygen atoms in total. The maximum absolute atomic E-state index is 12.8. The van der Waals surface area contributed by atoms with Crippen LogP contribution < -0.4 is 0 Å². The highest BCUT2D eigenvalue weighted by molar-refractivity contribution is 7.07. The monoisotopic (exact) mass is 383 g/mol. The number of carbonyl (C=O) groups excluding carboxylic acids is 1. The summed E-state index contributed by atoms with van der Waals surface area (Å²) in [4.78, 5) is 21.7. The van der Waals surface area contributed by atoms with Crippen LogP contribution in [0.3, 0.4) is 0 Å². The summed E-state index contributed by atoms with van der Waals surface area (Å²) < 4.78 is 7.10. The first-order chi connectivity index (χ1) is 13.1. The summed E-state index contributed by atoms with van der Waals surface area (Å²) in [5.41, 5.74) is 5.26. The van der Waals surface area contributed by atoms with E-state index in [2.05, 4.69) is 36.8 Å². The minimum Gasteiger partial charge on any atom is -0.449 e. The van der Waals surface area contributed by atoms with Gasteiger partial charge in [-0.2, -0.15) is 0 Å². The smallest absolute Gasteiger partial charge is 0.420 e. The zero-order chi connectivity index (χ0) is 19.2. The molecule has 6 heteroatoms. The summed E-state index contributed by atoms with van der Waals surface area (Å²) in [6.45, 7) is 6.82. The van der Waals surface area contributed by atoms with Crippen LogP contribution in [0.5, 0.6) is 0 Å². The summed E-state index contributed by atoms with van der Waals surface area (Å²) in [5.74, 6) is 1.03. The predicted octanol–water partition coefficient (Wildman–Crippen LogP) is 5.92. The molecule has 1 aromatic carbocycles. The van der Waals surface area contributed by atoms with Crippen LogP contribution in [0.25, 0.3) is 22.6 Å². The molecule has 0 saturated carbocycles. The van der Waals surface area contributed by atoms with Gasteiger partial charge in [-0.25, -0.2) is 19.3 Å². The number of hydrogen-bond acceptors (Lipinski definition) is 5. The fraction of sp³-hybridized carbons (Fsp3) is 0.381. The van der Waals surface area contributed by atoms with E-state index < -0.39 is 6.09 Å². The molecular formula is C21H25N3O2S. The third-order valence-corrected chi connectivity index (χ3v) is 5.04. The van der Waals surface area contributed by atoms with Crippen LogP contribution in [0, 0.1) is 5.92 Å². The lowest BCUT2D eigenvalue weighted by Crippen LogP contribution is -2.16. The lowest BCUT2D eigenvalue weighted by atomic mass is 10.0. The van der Waals surface area contributed by atoms with E-state index in [1.54, 1.807) is 5.51 Å². The molecule has 2 heterocycles. The quantitative estimate of drug-likeness (QED) is 0.475. The number of ether oxygens (including phenoxy) is 1. The van der Waals surface area contributed by atoms with Crippen molar-refractivity contribution in [3.63, 3.8) is 0 Å². The number of carbonyl (C=O) groups is 1. The molecule has 0 saturated heterocycles. The summed E-state index contributed by atoms with van der Waals surface area (Å²) in [5, 5.41) is 1.89. The minimum atomic E-state index is -0.400. The van der Waals surface area contributed by atoms with Gasteiger partial charge >= 0.3 is 6.09 Å². The zero-order valence-corrected chi connectivity index (χ0v) is 16.8. The second kappa shape index (κ2) is 8.95. The van der Waals surface area contributed by atoms with Gasteiger partial charge in [-0.15, -0.1) is 11.3 Å². The van der Waals surface area contributed by atoms with Crippen molar-refractivity contribution in [3.8, 4) is 11.5 Å². The first kappa shape index (κ1) is 19.3. The van der Waals surface area contributed by atoms with E-state index in [9.17, 15) is 4.79 Å². The summed E-state index contributed by atoms with van der Waals surface area (Å²) >= 11 is 1.47. The van der Waals surface area contributed by atoms with E-state index in [0.29, 0.717) is 24.0 Å². The fourth-order valence-corrected chi connectivity index (χ4v) is 3.45. The van der Waals surface area contributed by atoms with Crippen molar-refractivity contribution in [2.45, 2.75) is 40.0 Å². The van der Waals surface area contributed by atoms with E-state index >= 15 is 0 Å². The maximum atomic E-state index is 12.8. The zero-order valence-electron chi connectivity index (χ0n) is 16.0. The molecule has 0 radical (unpaired) electrons. The number of imidazole rings is 1. The van der Waals surface area contributed by atoms with E-state index in [-0.39, 0.29) is 0 Å². The van der Waals surface area contributed by atoms with E-state index in [1.807, 2.05) is 29.6 Å². The first-order valence-corrected chi connectivity index (χ1v) is 10.2. The molecule has 142 valence electrons. The van der Waals surface area contributed by atoms with Gasteiger partial charge in [0.25, 0.3) is 0 Å². The number of benzene rings is 1. The third-order valence-electron chi connectivity index (χ3n) is 4.45. The first-order valence-electron chi connectivity index (χ1n) is 9.22. The Morgan fingerprint density at radius 2 is 2.11 bits per heavy atom. The van der Waals surface area contributed by atoms with Gasteiger partial charge in [0.1, 0.15) is 5.69 Å². The van der Waals surface area contributed by atoms with Gasteiger partial charge < -0.3 is 4.74 Å². The predicted molar refractivity (Wildman–Crippen MR) is 110 cm³/mol. The van der Waals surface area contributed by atoms with Crippen molar-refractivity contribution in [2.24, 2.45) is 5.92 Å². The molecule has 0 spiro atoms. The number of rotatable bonds is 7. The van der Waals surface area contributed by atoms with Crippen molar-refractivity contribution in [2.75, 3.05) is 6.61 Å². The van der Waals surface area contributed by atoms with Crippen LogP contribution in [0.15, 0.2) is 46.8 Å². The number of aromatic nitrogens is 3. The van der Waals surface area contributed by atoms with Crippen molar-refractivity contribution in [1.29, 1.82) is 0 Å². The van der Waals surface area contributed by atoms with Gasteiger partial charge in [-0.3, -0.25) is 0 Å². The SMILES string of the molecule is CC(C)=CCCC(C)CCOC(=O)n1c(-c2cscn2)nc2ccccc21. The molecule has 0 fully saturated rings. The van der Waals surface area contributed by atoms with Crippen LogP contribution in [0.2, 0.25) is 0 Å². The molecular weight excluding hydrogens is 358 g/mol. The molecule has 0 bridgehead atoms. The number of fused-ring (bicyclic) bond motifs is 1. The Kier molecular flexibility index (Phi) is 6.40. The molecule has 3 aromatic rings. The third kappa shape index (κ3) is 4.83. The summed E-state index contributed by atoms with van der Waals surface area (Å²) in [6.07, 6.45) is 4.86. The Balaban J connectivity index is 1.69. The Bertz CT molecular complexity index is 924. The highest BCUT2D eigenvalue weighted by Crippen LogP contribution is 2.25. The van der Waals surface area contributed by atoms with E-state index in [0.717, 1.165) is 30.3 Å². The average Bonchev–Trinajstić information content (AvgIpc) is 3.28. The Morgan fingerprint density at radius 1 is 1.30 bits per heavy atom. The van der Waals surface area contributed by atoms with Crippen LogP contribution in [0.4, 0.5) is 4.79 Å². The lowest BCUT2D eigenvalue weighted by molar-refractivity contribution is 0.142. The minimum absolute atomic E-state index is 0.400. The van der Waals surface area contributed by atoms with Crippen molar-refractivity contribution >= 4 is 28.5 Å². The van der Waals surface area contributed by atoms with Gasteiger partial charge in [0.2, 0.25) is 0 Å². The number of allylic oxidation sites excluding steroid dienone is 2. The van der Waals surface area contributed by atoms with Gasteiger partial charge in [-0.1, -0.05) is 30.7 Å². The number of thiazole rings is 1. The standard InChI is InChI=1S/C21H25N3O2S/c1-15(2)7-6-8-16(3)11-12-26-21(25)24-19-10-5-4-9-17(19)23-20(24)18-13-27-14-22-18/h4-5,7,9-10,13-14,16H,6,8,11-12H2,1-3H3. The summed E-state index contributed by atoms with van der Waals surface area (Å²) in [7, 11) is 0. The van der Waals surface area contributed by atoms with Crippen molar-refractivity contribution < 1.29 is 9.53 Å². The van der Waals surface area contributed by atoms with Gasteiger partial charge in [0.05, 0.1) is 23.2 Å². The number of nitrogens with zero attached hydrogens (tertiary/aromatic N) is 3. The highest BCUT2D eigenvalue weighted by atomic mass is 32.1. The summed E-state index contributed by atoms with van der Waals surface area (Å²) in [6, 6.07) is 7.57. The molecule has 3 rings (SSSR count). The molecule has 2 aromatic heterocycles. The van der Waals surface area contributed by atoms with Gasteiger partial charge in [0, 0.05) is 5.38 Å². The second-order valence-electron chi connectivity index (χ2n) is 7.00. The van der Waals surface area contributed by atoms with Crippen molar-refractivity contribution in [3.05, 3.63) is 46.8 Å². The molecule has 1 atom stereocenters. The molecule has 0 aliphatic carbocycles. The number of hydrogen-bond donors (Lipinski definition) is 0. The van der Waals surface area contributed by atoms with Gasteiger partial charge in [-0.05, 0) is 51.2 Å². The second-order valence-corrected chi connectivity index (χ2v) is 7.72. The average molecular weight is 384 g/mol. The maximum Gasteiger partial charge on any atom is 0.420 e. The van der Waals surface area contributed by atoms with Crippen LogP contribution in [-0.2, 0) is 4.74 Å². The van der Waals surface area contributed by atoms with Crippen LogP contribution in [0.1, 0.15) is 40.0 Å². The molecule has 0 amide bonds. The van der Waals surface area contributed by atoms with Crippen LogP contribution in [-0.4, -0.2) is 27.2 Å². The van der Waals surface area contributed by atoms with Crippen LogP contribution >= 0.6 is 11.3 Å². The van der Waals surface area contributed by atoms with Gasteiger partial charge in [0.15, 0.2) is 5.82 Å². The number of para-hydroxylation sites is 2. The topological polar surface area (TPSA) is 57.0 Å². The largest absolute Gasteiger partial charge is 0.449 e. The lowest BCUT2D eigenvalue weighted by Gasteiger charge is -2.12. The molecule has 0 N–H and O–H groups in total. The molecule has 1 unspecified atom stereocenters. The molecule has 0 aliphatic rings. The normalized spacial score (nSPS) is 12.1. The molecule has 27 heavy (non-hydrogen) atoms.